The summed E-state index contributed by atoms with van der Waals surface area (Å²) in [4.78, 5) is 12.2. The topological polar surface area (TPSA) is 69.2 Å². The van der Waals surface area contributed by atoms with Crippen molar-refractivity contribution >= 4 is 28.1 Å². The van der Waals surface area contributed by atoms with Gasteiger partial charge in [-0.15, -0.1) is 0 Å². The van der Waals surface area contributed by atoms with E-state index in [4.69, 9.17) is 14.2 Å². The predicted octanol–water partition coefficient (Wildman–Crippen LogP) is 3.44. The molecule has 1 atom stereocenters. The van der Waals surface area contributed by atoms with Crippen molar-refractivity contribution in [2.24, 2.45) is 5.10 Å². The van der Waals surface area contributed by atoms with Gasteiger partial charge in [-0.25, -0.2) is 9.82 Å². The van der Waals surface area contributed by atoms with E-state index in [1.807, 2.05) is 0 Å². The second-order valence-electron chi connectivity index (χ2n) is 5.14. The number of nitrogens with one attached hydrogen (secondary N) is 1. The number of hydrazone groups is 1. The number of nitrogens with zero attached hydrogens (tertiary/aromatic N) is 1. The van der Waals surface area contributed by atoms with E-state index in [9.17, 15) is 9.18 Å². The highest BCUT2D eigenvalue weighted by atomic mass is 79.9. The summed E-state index contributed by atoms with van der Waals surface area (Å²) < 4.78 is 29.4. The van der Waals surface area contributed by atoms with Crippen LogP contribution in [0.3, 0.4) is 0 Å². The number of methoxy groups -OCH3 is 3. The zero-order valence-corrected chi connectivity index (χ0v) is 16.0. The Bertz CT molecular complexity index is 771. The van der Waals surface area contributed by atoms with E-state index < -0.39 is 12.0 Å². The summed E-state index contributed by atoms with van der Waals surface area (Å²) in [5, 5.41) is 3.93. The van der Waals surface area contributed by atoms with Crippen molar-refractivity contribution in [3.8, 4) is 11.5 Å². The van der Waals surface area contributed by atoms with Gasteiger partial charge in [0.1, 0.15) is 21.8 Å². The van der Waals surface area contributed by atoms with Gasteiger partial charge in [-0.2, -0.15) is 5.10 Å². The van der Waals surface area contributed by atoms with Crippen LogP contribution in [0.15, 0.2) is 46.0 Å². The number of amides is 1. The van der Waals surface area contributed by atoms with Crippen molar-refractivity contribution in [1.82, 2.24) is 5.43 Å². The van der Waals surface area contributed by atoms with Crippen LogP contribution in [0.5, 0.6) is 11.5 Å². The van der Waals surface area contributed by atoms with Gasteiger partial charge in [-0.3, -0.25) is 4.79 Å². The third kappa shape index (κ3) is 4.80. The highest BCUT2D eigenvalue weighted by molar-refractivity contribution is 9.10. The van der Waals surface area contributed by atoms with Gasteiger partial charge in [-0.05, 0) is 45.8 Å². The van der Waals surface area contributed by atoms with E-state index in [0.717, 1.165) is 0 Å². The molecule has 0 spiro atoms. The number of carbonyl (C=O) groups excluding carboxylic acids is 1. The molecule has 8 heteroatoms. The molecule has 1 amide bonds. The summed E-state index contributed by atoms with van der Waals surface area (Å²) in [7, 11) is 4.46. The number of rotatable bonds is 7. The lowest BCUT2D eigenvalue weighted by Gasteiger charge is -2.13. The SMILES string of the molecule is COc1cc(/C=N/NC(=O)C(OC)c2ccc(F)cc2)cc(OC)c1Br. The molecule has 0 heterocycles. The fourth-order valence-electron chi connectivity index (χ4n) is 2.23. The van der Waals surface area contributed by atoms with Crippen LogP contribution in [0, 0.1) is 5.82 Å². The molecule has 0 saturated heterocycles. The smallest absolute Gasteiger partial charge is 0.273 e. The lowest BCUT2D eigenvalue weighted by molar-refractivity contribution is -0.131. The molecule has 0 aromatic heterocycles. The molecule has 0 fully saturated rings. The third-order valence-corrected chi connectivity index (χ3v) is 4.28. The number of hydrogen-bond donors (Lipinski definition) is 1. The van der Waals surface area contributed by atoms with Crippen molar-refractivity contribution in [3.05, 3.63) is 57.8 Å². The van der Waals surface area contributed by atoms with Crippen molar-refractivity contribution < 1.29 is 23.4 Å². The molecule has 0 bridgehead atoms. The Morgan fingerprint density at radius 2 is 1.73 bits per heavy atom. The van der Waals surface area contributed by atoms with Gasteiger partial charge in [0, 0.05) is 12.7 Å². The van der Waals surface area contributed by atoms with Crippen molar-refractivity contribution in [2.45, 2.75) is 6.10 Å². The minimum atomic E-state index is -0.901. The predicted molar refractivity (Wildman–Crippen MR) is 99.1 cm³/mol. The van der Waals surface area contributed by atoms with Crippen LogP contribution in [0.4, 0.5) is 4.39 Å². The fourth-order valence-corrected chi connectivity index (χ4v) is 2.78. The lowest BCUT2D eigenvalue weighted by atomic mass is 10.1. The van der Waals surface area contributed by atoms with E-state index in [1.54, 1.807) is 12.1 Å². The van der Waals surface area contributed by atoms with Crippen LogP contribution < -0.4 is 14.9 Å². The van der Waals surface area contributed by atoms with Crippen LogP contribution in [0.25, 0.3) is 0 Å². The molecule has 0 saturated carbocycles. The first-order valence-electron chi connectivity index (χ1n) is 7.52. The Morgan fingerprint density at radius 1 is 1.15 bits per heavy atom. The van der Waals surface area contributed by atoms with E-state index in [2.05, 4.69) is 26.5 Å². The molecule has 2 aromatic carbocycles. The Kier molecular flexibility index (Phi) is 7.11. The second-order valence-corrected chi connectivity index (χ2v) is 5.93. The normalized spacial score (nSPS) is 12.0. The van der Waals surface area contributed by atoms with Crippen molar-refractivity contribution in [3.63, 3.8) is 0 Å². The van der Waals surface area contributed by atoms with E-state index in [-0.39, 0.29) is 5.82 Å². The molecule has 138 valence electrons. The maximum absolute atomic E-state index is 13.0. The number of hydrogen-bond acceptors (Lipinski definition) is 5. The summed E-state index contributed by atoms with van der Waals surface area (Å²) in [6.07, 6.45) is 0.550. The van der Waals surface area contributed by atoms with Crippen LogP contribution >= 0.6 is 15.9 Å². The summed E-state index contributed by atoms with van der Waals surface area (Å²) >= 11 is 3.38. The third-order valence-electron chi connectivity index (χ3n) is 3.50. The molecule has 0 aliphatic carbocycles. The first kappa shape index (κ1) is 19.9. The summed E-state index contributed by atoms with van der Waals surface area (Å²) in [5.41, 5.74) is 3.59. The molecular formula is C18H18BrFN2O4. The van der Waals surface area contributed by atoms with Crippen LogP contribution in [-0.2, 0) is 9.53 Å². The Balaban J connectivity index is 2.11. The van der Waals surface area contributed by atoms with Crippen LogP contribution in [-0.4, -0.2) is 33.5 Å². The second kappa shape index (κ2) is 9.30. The minimum absolute atomic E-state index is 0.389. The first-order chi connectivity index (χ1) is 12.5. The number of halogens is 2. The molecule has 0 aliphatic rings. The maximum atomic E-state index is 13.0. The standard InChI is InChI=1S/C18H18BrFN2O4/c1-24-14-8-11(9-15(25-2)16(14)19)10-21-22-18(23)17(26-3)12-4-6-13(20)7-5-12/h4-10,17H,1-3H3,(H,22,23)/b21-10+. The van der Waals surface area contributed by atoms with Crippen LogP contribution in [0.1, 0.15) is 17.2 Å². The highest BCUT2D eigenvalue weighted by Crippen LogP contribution is 2.35. The van der Waals surface area contributed by atoms with E-state index in [0.29, 0.717) is 27.1 Å². The fraction of sp³-hybridized carbons (Fsp3) is 0.222. The summed E-state index contributed by atoms with van der Waals surface area (Å²) in [5.74, 6) is 0.267. The summed E-state index contributed by atoms with van der Waals surface area (Å²) in [6.45, 7) is 0. The molecular weight excluding hydrogens is 407 g/mol. The van der Waals surface area contributed by atoms with Gasteiger partial charge >= 0.3 is 0 Å². The zero-order chi connectivity index (χ0) is 19.1. The van der Waals surface area contributed by atoms with Gasteiger partial charge in [0.25, 0.3) is 5.91 Å². The largest absolute Gasteiger partial charge is 0.495 e. The first-order valence-corrected chi connectivity index (χ1v) is 8.32. The zero-order valence-electron chi connectivity index (χ0n) is 14.5. The maximum Gasteiger partial charge on any atom is 0.273 e. The molecule has 6 nitrogen and oxygen atoms in total. The molecule has 26 heavy (non-hydrogen) atoms. The quantitative estimate of drug-likeness (QED) is 0.545. The number of benzene rings is 2. The highest BCUT2D eigenvalue weighted by Gasteiger charge is 2.19. The minimum Gasteiger partial charge on any atom is -0.495 e. The van der Waals surface area contributed by atoms with Gasteiger partial charge in [0.2, 0.25) is 0 Å². The molecule has 2 rings (SSSR count). The molecule has 1 N–H and O–H groups in total. The number of ether oxygens (including phenoxy) is 3. The number of carbonyl (C=O) groups is 1. The lowest BCUT2D eigenvalue weighted by Crippen LogP contribution is -2.26. The molecule has 1 unspecified atom stereocenters. The Labute approximate surface area is 159 Å². The molecule has 2 aromatic rings. The van der Waals surface area contributed by atoms with Gasteiger partial charge < -0.3 is 14.2 Å². The monoisotopic (exact) mass is 424 g/mol. The van der Waals surface area contributed by atoms with Crippen molar-refractivity contribution in [2.75, 3.05) is 21.3 Å². The van der Waals surface area contributed by atoms with Gasteiger partial charge in [0.05, 0.1) is 20.4 Å². The van der Waals surface area contributed by atoms with Gasteiger partial charge in [-0.1, -0.05) is 12.1 Å². The average molecular weight is 425 g/mol. The van der Waals surface area contributed by atoms with Crippen LogP contribution in [0.2, 0.25) is 0 Å². The average Bonchev–Trinajstić information content (AvgIpc) is 2.65. The summed E-state index contributed by atoms with van der Waals surface area (Å²) in [6, 6.07) is 8.96. The molecule has 0 radical (unpaired) electrons. The van der Waals surface area contributed by atoms with Crippen molar-refractivity contribution in [1.29, 1.82) is 0 Å². The van der Waals surface area contributed by atoms with Gasteiger partial charge in [0.15, 0.2) is 6.10 Å². The van der Waals surface area contributed by atoms with E-state index in [1.165, 1.54) is 51.8 Å². The molecule has 0 aliphatic heterocycles. The van der Waals surface area contributed by atoms with E-state index >= 15 is 0 Å². The Hall–Kier alpha value is -2.45. The Morgan fingerprint density at radius 3 is 2.23 bits per heavy atom.